The van der Waals surface area contributed by atoms with Crippen LogP contribution in [0.1, 0.15) is 10.4 Å². The van der Waals surface area contributed by atoms with E-state index < -0.39 is 0 Å². The number of halogens is 2. The Kier molecular flexibility index (Phi) is 5.18. The molecule has 1 aromatic carbocycles. The average Bonchev–Trinajstić information content (AvgIpc) is 2.55. The molecule has 1 amide bonds. The van der Waals surface area contributed by atoms with Crippen LogP contribution in [0.3, 0.4) is 0 Å². The molecule has 1 aromatic heterocycles. The zero-order valence-electron chi connectivity index (χ0n) is 13.2. The zero-order chi connectivity index (χ0) is 17.1. The van der Waals surface area contributed by atoms with E-state index in [-0.39, 0.29) is 5.91 Å². The summed E-state index contributed by atoms with van der Waals surface area (Å²) in [6.45, 7) is 3.19. The van der Waals surface area contributed by atoms with Crippen LogP contribution >= 0.6 is 23.2 Å². The molecular formula is C16H17Cl2N5O. The Balaban J connectivity index is 1.67. The standard InChI is InChI=1S/C16H17Cl2N5O/c1-22-2-4-23(5-3-22)15(24)11-9-19-16(20-10-11)21-14-7-12(17)6-13(18)8-14/h6-10H,2-5H2,1H3,(H,19,20,21). The van der Waals surface area contributed by atoms with Gasteiger partial charge in [0.2, 0.25) is 5.95 Å². The lowest BCUT2D eigenvalue weighted by Crippen LogP contribution is -2.47. The molecule has 0 spiro atoms. The number of likely N-dealkylation sites (N-methyl/N-ethyl adjacent to an activating group) is 1. The van der Waals surface area contributed by atoms with Crippen LogP contribution in [0.5, 0.6) is 0 Å². The van der Waals surface area contributed by atoms with Gasteiger partial charge in [-0.1, -0.05) is 23.2 Å². The second-order valence-corrected chi connectivity index (χ2v) is 6.55. The number of carbonyl (C=O) groups is 1. The molecule has 0 aliphatic carbocycles. The number of nitrogens with one attached hydrogen (secondary N) is 1. The van der Waals surface area contributed by atoms with Crippen molar-refractivity contribution in [3.05, 3.63) is 46.2 Å². The number of rotatable bonds is 3. The molecule has 1 fully saturated rings. The van der Waals surface area contributed by atoms with E-state index >= 15 is 0 Å². The fourth-order valence-electron chi connectivity index (χ4n) is 2.45. The predicted octanol–water partition coefficient (Wildman–Crippen LogP) is 2.91. The van der Waals surface area contributed by atoms with Crippen molar-refractivity contribution < 1.29 is 4.79 Å². The van der Waals surface area contributed by atoms with Crippen molar-refractivity contribution >= 4 is 40.7 Å². The SMILES string of the molecule is CN1CCN(C(=O)c2cnc(Nc3cc(Cl)cc(Cl)c3)nc2)CC1. The van der Waals surface area contributed by atoms with Crippen molar-refractivity contribution in [1.82, 2.24) is 19.8 Å². The van der Waals surface area contributed by atoms with Crippen LogP contribution in [0.4, 0.5) is 11.6 Å². The Morgan fingerprint density at radius 2 is 1.62 bits per heavy atom. The molecule has 0 saturated carbocycles. The molecule has 24 heavy (non-hydrogen) atoms. The van der Waals surface area contributed by atoms with Gasteiger partial charge in [-0.05, 0) is 25.2 Å². The maximum atomic E-state index is 12.4. The van der Waals surface area contributed by atoms with Crippen LogP contribution in [-0.2, 0) is 0 Å². The molecule has 6 nitrogen and oxygen atoms in total. The van der Waals surface area contributed by atoms with Gasteiger partial charge < -0.3 is 15.1 Å². The van der Waals surface area contributed by atoms with Crippen LogP contribution in [-0.4, -0.2) is 58.9 Å². The highest BCUT2D eigenvalue weighted by Crippen LogP contribution is 2.24. The van der Waals surface area contributed by atoms with Gasteiger partial charge in [0, 0.05) is 54.3 Å². The highest BCUT2D eigenvalue weighted by Gasteiger charge is 2.20. The van der Waals surface area contributed by atoms with Crippen LogP contribution < -0.4 is 5.32 Å². The smallest absolute Gasteiger partial charge is 0.257 e. The quantitative estimate of drug-likeness (QED) is 0.905. The topological polar surface area (TPSA) is 61.4 Å². The average molecular weight is 366 g/mol. The largest absolute Gasteiger partial charge is 0.336 e. The number of benzene rings is 1. The number of amides is 1. The molecule has 1 aliphatic rings. The number of anilines is 2. The first-order valence-electron chi connectivity index (χ1n) is 7.54. The van der Waals surface area contributed by atoms with Crippen molar-refractivity contribution in [1.29, 1.82) is 0 Å². The summed E-state index contributed by atoms with van der Waals surface area (Å²) >= 11 is 11.9. The molecule has 2 heterocycles. The molecule has 0 bridgehead atoms. The zero-order valence-corrected chi connectivity index (χ0v) is 14.7. The van der Waals surface area contributed by atoms with E-state index in [0.29, 0.717) is 27.2 Å². The first-order valence-corrected chi connectivity index (χ1v) is 8.30. The van der Waals surface area contributed by atoms with E-state index in [1.807, 2.05) is 11.9 Å². The van der Waals surface area contributed by atoms with E-state index in [9.17, 15) is 4.79 Å². The number of aromatic nitrogens is 2. The van der Waals surface area contributed by atoms with Crippen molar-refractivity contribution in [2.45, 2.75) is 0 Å². The van der Waals surface area contributed by atoms with Crippen LogP contribution in [0.2, 0.25) is 10.0 Å². The highest BCUT2D eigenvalue weighted by atomic mass is 35.5. The van der Waals surface area contributed by atoms with Crippen molar-refractivity contribution in [2.75, 3.05) is 38.5 Å². The van der Waals surface area contributed by atoms with Gasteiger partial charge in [0.15, 0.2) is 0 Å². The van der Waals surface area contributed by atoms with E-state index in [1.165, 1.54) is 12.4 Å². The van der Waals surface area contributed by atoms with Gasteiger partial charge in [0.25, 0.3) is 5.91 Å². The van der Waals surface area contributed by atoms with Gasteiger partial charge in [0.05, 0.1) is 5.56 Å². The first kappa shape index (κ1) is 17.0. The summed E-state index contributed by atoms with van der Waals surface area (Å²) in [6, 6.07) is 5.09. The minimum Gasteiger partial charge on any atom is -0.336 e. The second-order valence-electron chi connectivity index (χ2n) is 5.67. The maximum Gasteiger partial charge on any atom is 0.257 e. The molecule has 2 aromatic rings. The van der Waals surface area contributed by atoms with Crippen LogP contribution in [0.25, 0.3) is 0 Å². The summed E-state index contributed by atoms with van der Waals surface area (Å²) in [5, 5.41) is 4.05. The van der Waals surface area contributed by atoms with Crippen molar-refractivity contribution in [3.63, 3.8) is 0 Å². The van der Waals surface area contributed by atoms with Crippen LogP contribution in [0, 0.1) is 0 Å². The number of hydrogen-bond acceptors (Lipinski definition) is 5. The molecule has 1 N–H and O–H groups in total. The molecule has 3 rings (SSSR count). The summed E-state index contributed by atoms with van der Waals surface area (Å²) in [5.74, 6) is 0.337. The van der Waals surface area contributed by atoms with Crippen LogP contribution in [0.15, 0.2) is 30.6 Å². The van der Waals surface area contributed by atoms with Crippen molar-refractivity contribution in [3.8, 4) is 0 Å². The van der Waals surface area contributed by atoms with Gasteiger partial charge >= 0.3 is 0 Å². The van der Waals surface area contributed by atoms with E-state index in [1.54, 1.807) is 18.2 Å². The van der Waals surface area contributed by atoms with Crippen molar-refractivity contribution in [2.24, 2.45) is 0 Å². The number of hydrogen-bond donors (Lipinski definition) is 1. The summed E-state index contributed by atoms with van der Waals surface area (Å²) in [4.78, 5) is 24.9. The summed E-state index contributed by atoms with van der Waals surface area (Å²) in [7, 11) is 2.05. The van der Waals surface area contributed by atoms with Gasteiger partial charge in [-0.25, -0.2) is 9.97 Å². The second kappa shape index (κ2) is 7.34. The molecule has 0 atom stereocenters. The molecule has 0 radical (unpaired) electrons. The minimum atomic E-state index is -0.0412. The summed E-state index contributed by atoms with van der Waals surface area (Å²) < 4.78 is 0. The lowest BCUT2D eigenvalue weighted by Gasteiger charge is -2.32. The Hall–Kier alpha value is -1.89. The maximum absolute atomic E-state index is 12.4. The molecule has 1 saturated heterocycles. The summed E-state index contributed by atoms with van der Waals surface area (Å²) in [6.07, 6.45) is 3.06. The third-order valence-corrected chi connectivity index (χ3v) is 4.24. The minimum absolute atomic E-state index is 0.0412. The Bertz CT molecular complexity index is 709. The predicted molar refractivity (Wildman–Crippen MR) is 95.2 cm³/mol. The normalized spacial score (nSPS) is 15.4. The van der Waals surface area contributed by atoms with Gasteiger partial charge in [-0.3, -0.25) is 4.79 Å². The molecule has 8 heteroatoms. The highest BCUT2D eigenvalue weighted by molar-refractivity contribution is 6.35. The Morgan fingerprint density at radius 3 is 2.21 bits per heavy atom. The fraction of sp³-hybridized carbons (Fsp3) is 0.312. The number of nitrogens with zero attached hydrogens (tertiary/aromatic N) is 4. The van der Waals surface area contributed by atoms with Gasteiger partial charge in [-0.2, -0.15) is 0 Å². The monoisotopic (exact) mass is 365 g/mol. The van der Waals surface area contributed by atoms with E-state index in [4.69, 9.17) is 23.2 Å². The van der Waals surface area contributed by atoms with E-state index in [2.05, 4.69) is 20.2 Å². The molecular weight excluding hydrogens is 349 g/mol. The van der Waals surface area contributed by atoms with Gasteiger partial charge in [-0.15, -0.1) is 0 Å². The first-order chi connectivity index (χ1) is 11.5. The fourth-order valence-corrected chi connectivity index (χ4v) is 2.98. The third kappa shape index (κ3) is 4.14. The number of piperazine rings is 1. The number of carbonyl (C=O) groups excluding carboxylic acids is 1. The Morgan fingerprint density at radius 1 is 1.04 bits per heavy atom. The molecule has 126 valence electrons. The van der Waals surface area contributed by atoms with Gasteiger partial charge in [0.1, 0.15) is 0 Å². The molecule has 0 unspecified atom stereocenters. The Labute approximate surface area is 150 Å². The molecule has 1 aliphatic heterocycles. The third-order valence-electron chi connectivity index (χ3n) is 3.81. The summed E-state index contributed by atoms with van der Waals surface area (Å²) in [5.41, 5.74) is 1.17. The lowest BCUT2D eigenvalue weighted by molar-refractivity contribution is 0.0663. The lowest BCUT2D eigenvalue weighted by atomic mass is 10.2. The van der Waals surface area contributed by atoms with E-state index in [0.717, 1.165) is 26.2 Å².